The fourth-order valence-corrected chi connectivity index (χ4v) is 2.32. The highest BCUT2D eigenvalue weighted by Gasteiger charge is 2.13. The van der Waals surface area contributed by atoms with Crippen LogP contribution < -0.4 is 5.32 Å². The number of rotatable bonds is 5. The fraction of sp³-hybridized carbons (Fsp3) is 0.158. The number of oxazole rings is 1. The second kappa shape index (κ2) is 7.25. The molecule has 4 nitrogen and oxygen atoms in total. The normalized spacial score (nSPS) is 10.7. The molecule has 0 saturated heterocycles. The summed E-state index contributed by atoms with van der Waals surface area (Å²) < 4.78 is 32.1. The van der Waals surface area contributed by atoms with Crippen LogP contribution in [-0.4, -0.2) is 10.9 Å². The lowest BCUT2D eigenvalue weighted by Gasteiger charge is -2.04. The molecule has 0 aliphatic heterocycles. The Morgan fingerprint density at radius 1 is 1.16 bits per heavy atom. The van der Waals surface area contributed by atoms with Gasteiger partial charge in [0.2, 0.25) is 5.91 Å². The predicted molar refractivity (Wildman–Crippen MR) is 90.0 cm³/mol. The molecule has 0 fully saturated rings. The van der Waals surface area contributed by atoms with Crippen LogP contribution in [0.4, 0.5) is 14.5 Å². The monoisotopic (exact) mass is 342 g/mol. The number of halogens is 2. The Bertz CT molecular complexity index is 889. The highest BCUT2D eigenvalue weighted by molar-refractivity contribution is 5.90. The number of hydrogen-bond acceptors (Lipinski definition) is 3. The van der Waals surface area contributed by atoms with Crippen LogP contribution in [0.2, 0.25) is 0 Å². The number of amides is 1. The summed E-state index contributed by atoms with van der Waals surface area (Å²) in [5.74, 6) is -1.03. The predicted octanol–water partition coefficient (Wildman–Crippen LogP) is 4.50. The number of carbonyl (C=O) groups is 1. The Hall–Kier alpha value is -3.02. The number of nitrogens with one attached hydrogen (secondary N) is 1. The van der Waals surface area contributed by atoms with E-state index in [2.05, 4.69) is 10.3 Å². The second-order valence-electron chi connectivity index (χ2n) is 5.66. The van der Waals surface area contributed by atoms with Crippen molar-refractivity contribution in [1.82, 2.24) is 4.98 Å². The molecule has 128 valence electrons. The van der Waals surface area contributed by atoms with E-state index in [0.29, 0.717) is 5.89 Å². The van der Waals surface area contributed by atoms with Crippen molar-refractivity contribution in [1.29, 1.82) is 0 Å². The summed E-state index contributed by atoms with van der Waals surface area (Å²) in [6, 6.07) is 10.7. The topological polar surface area (TPSA) is 55.1 Å². The first-order valence-electron chi connectivity index (χ1n) is 7.78. The minimum atomic E-state index is -0.722. The molecule has 25 heavy (non-hydrogen) atoms. The molecule has 0 bridgehead atoms. The van der Waals surface area contributed by atoms with E-state index in [0.717, 1.165) is 23.4 Å². The summed E-state index contributed by atoms with van der Waals surface area (Å²) in [7, 11) is 0. The van der Waals surface area contributed by atoms with Crippen LogP contribution in [0, 0.1) is 18.6 Å². The lowest BCUT2D eigenvalue weighted by atomic mass is 10.2. The van der Waals surface area contributed by atoms with Gasteiger partial charge in [0, 0.05) is 24.6 Å². The molecule has 1 heterocycles. The molecule has 1 amide bonds. The minimum absolute atomic E-state index is 0.129. The van der Waals surface area contributed by atoms with Gasteiger partial charge in [-0.1, -0.05) is 17.7 Å². The summed E-state index contributed by atoms with van der Waals surface area (Å²) in [6.07, 6.45) is 1.82. The van der Waals surface area contributed by atoms with Crippen molar-refractivity contribution < 1.29 is 18.0 Å². The first-order valence-corrected chi connectivity index (χ1v) is 7.78. The summed E-state index contributed by atoms with van der Waals surface area (Å²) in [6.45, 7) is 1.97. The Morgan fingerprint density at radius 3 is 2.64 bits per heavy atom. The highest BCUT2D eigenvalue weighted by atomic mass is 19.1. The van der Waals surface area contributed by atoms with Crippen molar-refractivity contribution >= 4 is 11.6 Å². The molecule has 0 atom stereocenters. The summed E-state index contributed by atoms with van der Waals surface area (Å²) in [4.78, 5) is 16.0. The standard InChI is InChI=1S/C19H16F2N2O2/c1-12-2-5-14(6-3-12)23-18(24)8-9-19-22-11-17(25-19)15-7-4-13(20)10-16(15)21/h2-7,10-11H,8-9H2,1H3,(H,23,24). The van der Waals surface area contributed by atoms with Crippen molar-refractivity contribution in [2.45, 2.75) is 19.8 Å². The summed E-state index contributed by atoms with van der Waals surface area (Å²) >= 11 is 0. The number of anilines is 1. The largest absolute Gasteiger partial charge is 0.441 e. The van der Waals surface area contributed by atoms with Gasteiger partial charge in [-0.05, 0) is 31.2 Å². The molecular formula is C19H16F2N2O2. The van der Waals surface area contributed by atoms with Crippen LogP contribution in [0.25, 0.3) is 11.3 Å². The van der Waals surface area contributed by atoms with Gasteiger partial charge in [-0.15, -0.1) is 0 Å². The third kappa shape index (κ3) is 4.29. The van der Waals surface area contributed by atoms with E-state index >= 15 is 0 Å². The van der Waals surface area contributed by atoms with Crippen LogP contribution >= 0.6 is 0 Å². The molecular weight excluding hydrogens is 326 g/mol. The smallest absolute Gasteiger partial charge is 0.224 e. The van der Waals surface area contributed by atoms with Crippen LogP contribution in [0.3, 0.4) is 0 Å². The van der Waals surface area contributed by atoms with Crippen LogP contribution in [0.1, 0.15) is 17.9 Å². The fourth-order valence-electron chi connectivity index (χ4n) is 2.32. The van der Waals surface area contributed by atoms with Crippen LogP contribution in [-0.2, 0) is 11.2 Å². The van der Waals surface area contributed by atoms with Gasteiger partial charge in [-0.2, -0.15) is 0 Å². The van der Waals surface area contributed by atoms with Gasteiger partial charge >= 0.3 is 0 Å². The molecule has 2 aromatic carbocycles. The first-order chi connectivity index (χ1) is 12.0. The van der Waals surface area contributed by atoms with E-state index in [4.69, 9.17) is 4.42 Å². The van der Waals surface area contributed by atoms with E-state index < -0.39 is 11.6 Å². The minimum Gasteiger partial charge on any atom is -0.441 e. The van der Waals surface area contributed by atoms with E-state index in [-0.39, 0.29) is 30.1 Å². The van der Waals surface area contributed by atoms with Gasteiger partial charge in [0.25, 0.3) is 0 Å². The van der Waals surface area contributed by atoms with E-state index in [1.54, 1.807) is 0 Å². The molecule has 0 spiro atoms. The van der Waals surface area contributed by atoms with Crippen LogP contribution in [0.15, 0.2) is 53.1 Å². The number of aryl methyl sites for hydroxylation is 2. The lowest BCUT2D eigenvalue weighted by molar-refractivity contribution is -0.116. The van der Waals surface area contributed by atoms with Gasteiger partial charge < -0.3 is 9.73 Å². The second-order valence-corrected chi connectivity index (χ2v) is 5.66. The average Bonchev–Trinajstić information content (AvgIpc) is 3.04. The Labute approximate surface area is 143 Å². The number of nitrogens with zero attached hydrogens (tertiary/aromatic N) is 1. The van der Waals surface area contributed by atoms with Crippen LogP contribution in [0.5, 0.6) is 0 Å². The van der Waals surface area contributed by atoms with Crippen molar-refractivity contribution in [3.05, 3.63) is 71.8 Å². The highest BCUT2D eigenvalue weighted by Crippen LogP contribution is 2.24. The molecule has 0 radical (unpaired) electrons. The Balaban J connectivity index is 1.59. The molecule has 1 N–H and O–H groups in total. The van der Waals surface area contributed by atoms with Gasteiger partial charge in [0.05, 0.1) is 11.8 Å². The molecule has 0 aliphatic carbocycles. The first kappa shape index (κ1) is 16.8. The van der Waals surface area contributed by atoms with Gasteiger partial charge in [0.15, 0.2) is 11.7 Å². The maximum absolute atomic E-state index is 13.7. The Morgan fingerprint density at radius 2 is 1.92 bits per heavy atom. The van der Waals surface area contributed by atoms with Crippen molar-refractivity contribution in [2.75, 3.05) is 5.32 Å². The zero-order chi connectivity index (χ0) is 17.8. The van der Waals surface area contributed by atoms with Gasteiger partial charge in [-0.25, -0.2) is 13.8 Å². The maximum atomic E-state index is 13.7. The SMILES string of the molecule is Cc1ccc(NC(=O)CCc2ncc(-c3ccc(F)cc3F)o2)cc1. The van der Waals surface area contributed by atoms with E-state index in [9.17, 15) is 13.6 Å². The Kier molecular flexibility index (Phi) is 4.88. The zero-order valence-electron chi connectivity index (χ0n) is 13.6. The summed E-state index contributed by atoms with van der Waals surface area (Å²) in [5.41, 5.74) is 1.96. The molecule has 0 aliphatic rings. The number of benzene rings is 2. The van der Waals surface area contributed by atoms with Gasteiger partial charge in [0.1, 0.15) is 11.6 Å². The molecule has 0 unspecified atom stereocenters. The molecule has 1 aromatic heterocycles. The molecule has 6 heteroatoms. The number of hydrogen-bond donors (Lipinski definition) is 1. The van der Waals surface area contributed by atoms with Crippen molar-refractivity contribution in [3.8, 4) is 11.3 Å². The zero-order valence-corrected chi connectivity index (χ0v) is 13.6. The third-order valence-electron chi connectivity index (χ3n) is 3.65. The van der Waals surface area contributed by atoms with E-state index in [1.807, 2.05) is 31.2 Å². The van der Waals surface area contributed by atoms with Gasteiger partial charge in [-0.3, -0.25) is 4.79 Å². The van der Waals surface area contributed by atoms with Crippen molar-refractivity contribution in [2.24, 2.45) is 0 Å². The summed E-state index contributed by atoms with van der Waals surface area (Å²) in [5, 5.41) is 2.78. The average molecular weight is 342 g/mol. The number of aromatic nitrogens is 1. The molecule has 0 saturated carbocycles. The maximum Gasteiger partial charge on any atom is 0.224 e. The third-order valence-corrected chi connectivity index (χ3v) is 3.65. The lowest BCUT2D eigenvalue weighted by Crippen LogP contribution is -2.12. The van der Waals surface area contributed by atoms with E-state index in [1.165, 1.54) is 12.3 Å². The van der Waals surface area contributed by atoms with Crippen molar-refractivity contribution in [3.63, 3.8) is 0 Å². The molecule has 3 rings (SSSR count). The number of carbonyl (C=O) groups excluding carboxylic acids is 1. The molecule has 3 aromatic rings. The quantitative estimate of drug-likeness (QED) is 0.743.